The molecule has 2 aliphatic rings. The van der Waals surface area contributed by atoms with Crippen molar-refractivity contribution in [3.05, 3.63) is 10.3 Å². The molecule has 0 aromatic carbocycles. The molecule has 2 fully saturated rings. The number of carbonyl (C=O) groups is 2. The molecule has 0 aliphatic carbocycles. The van der Waals surface area contributed by atoms with Gasteiger partial charge in [-0.1, -0.05) is 29.8 Å². The van der Waals surface area contributed by atoms with Crippen LogP contribution in [0.15, 0.2) is 10.3 Å². The van der Waals surface area contributed by atoms with Crippen LogP contribution in [-0.2, 0) is 9.53 Å². The summed E-state index contributed by atoms with van der Waals surface area (Å²) in [6.45, 7) is 4.16. The molecule has 5 nitrogen and oxygen atoms in total. The standard InChI is InChI=1S/C17H26BrNO4S2/c1-11(2)13-10-23-17(22)19(13)16(21)12(14(20)5-3-6-18)9-15-24-7-4-8-25-15/h9,11-14,20H,3-8,10H2,1-2H3/t12-,13+,14-/m0/s1. The van der Waals surface area contributed by atoms with E-state index in [-0.39, 0.29) is 24.5 Å². The lowest BCUT2D eigenvalue weighted by Crippen LogP contribution is -2.47. The van der Waals surface area contributed by atoms with E-state index in [0.717, 1.165) is 33.9 Å². The summed E-state index contributed by atoms with van der Waals surface area (Å²) in [6, 6.07) is -0.268. The summed E-state index contributed by atoms with van der Waals surface area (Å²) in [5.74, 6) is 1.11. The molecule has 2 heterocycles. The highest BCUT2D eigenvalue weighted by Crippen LogP contribution is 2.37. The van der Waals surface area contributed by atoms with Crippen LogP contribution in [0, 0.1) is 11.8 Å². The molecule has 2 amide bonds. The van der Waals surface area contributed by atoms with E-state index in [1.807, 2.05) is 19.9 Å². The molecule has 25 heavy (non-hydrogen) atoms. The minimum absolute atomic E-state index is 0.113. The van der Waals surface area contributed by atoms with Gasteiger partial charge in [-0.25, -0.2) is 9.69 Å². The number of imide groups is 1. The van der Waals surface area contributed by atoms with Gasteiger partial charge in [-0.15, -0.1) is 23.5 Å². The van der Waals surface area contributed by atoms with Gasteiger partial charge in [0.25, 0.3) is 0 Å². The van der Waals surface area contributed by atoms with Crippen molar-refractivity contribution in [2.75, 3.05) is 23.4 Å². The second-order valence-electron chi connectivity index (χ2n) is 6.56. The quantitative estimate of drug-likeness (QED) is 0.592. The van der Waals surface area contributed by atoms with E-state index in [1.165, 1.54) is 4.90 Å². The Labute approximate surface area is 166 Å². The lowest BCUT2D eigenvalue weighted by molar-refractivity contribution is -0.135. The van der Waals surface area contributed by atoms with Crippen LogP contribution in [0.2, 0.25) is 0 Å². The maximum atomic E-state index is 13.1. The van der Waals surface area contributed by atoms with E-state index < -0.39 is 18.1 Å². The molecule has 0 aromatic heterocycles. The SMILES string of the molecule is CC(C)[C@H]1COC(=O)N1C(=O)[C@@H](C=C1SCCCS1)[C@@H](O)CCCBr. The number of hydrogen-bond acceptors (Lipinski definition) is 6. The van der Waals surface area contributed by atoms with Crippen molar-refractivity contribution < 1.29 is 19.4 Å². The first-order chi connectivity index (χ1) is 12.0. The number of amides is 2. The normalized spacial score (nSPS) is 23.6. The molecule has 0 aromatic rings. The predicted octanol–water partition coefficient (Wildman–Crippen LogP) is 3.85. The second-order valence-corrected chi connectivity index (χ2v) is 9.88. The minimum atomic E-state index is -0.804. The molecule has 1 N–H and O–H groups in total. The van der Waals surface area contributed by atoms with Crippen molar-refractivity contribution in [1.82, 2.24) is 4.90 Å². The van der Waals surface area contributed by atoms with Gasteiger partial charge in [0.15, 0.2) is 0 Å². The Bertz CT molecular complexity index is 507. The molecule has 0 unspecified atom stereocenters. The molecule has 8 heteroatoms. The number of cyclic esters (lactones) is 1. The summed E-state index contributed by atoms with van der Waals surface area (Å²) in [5.41, 5.74) is 0. The van der Waals surface area contributed by atoms with E-state index >= 15 is 0 Å². The highest BCUT2D eigenvalue weighted by molar-refractivity contribution is 9.09. The number of nitrogens with zero attached hydrogens (tertiary/aromatic N) is 1. The predicted molar refractivity (Wildman–Crippen MR) is 107 cm³/mol. The van der Waals surface area contributed by atoms with Gasteiger partial charge in [-0.2, -0.15) is 0 Å². The minimum Gasteiger partial charge on any atom is -0.447 e. The molecule has 2 aliphatic heterocycles. The maximum absolute atomic E-state index is 13.1. The maximum Gasteiger partial charge on any atom is 0.417 e. The Morgan fingerprint density at radius 3 is 2.72 bits per heavy atom. The molecule has 2 saturated heterocycles. The third-order valence-electron chi connectivity index (χ3n) is 4.34. The molecule has 142 valence electrons. The topological polar surface area (TPSA) is 66.8 Å². The Kier molecular flexibility index (Phi) is 8.64. The number of carbonyl (C=O) groups excluding carboxylic acids is 2. The Morgan fingerprint density at radius 1 is 1.44 bits per heavy atom. The summed E-state index contributed by atoms with van der Waals surface area (Å²) < 4.78 is 6.17. The van der Waals surface area contributed by atoms with E-state index in [9.17, 15) is 14.7 Å². The first-order valence-electron chi connectivity index (χ1n) is 8.67. The molecule has 2 rings (SSSR count). The molecule has 0 spiro atoms. The first-order valence-corrected chi connectivity index (χ1v) is 11.8. The number of thioether (sulfide) groups is 2. The molecule has 0 bridgehead atoms. The third-order valence-corrected chi connectivity index (χ3v) is 7.43. The van der Waals surface area contributed by atoms with Crippen molar-refractivity contribution in [2.24, 2.45) is 11.8 Å². The van der Waals surface area contributed by atoms with Crippen molar-refractivity contribution in [1.29, 1.82) is 0 Å². The second kappa shape index (κ2) is 10.2. The summed E-state index contributed by atoms with van der Waals surface area (Å²) >= 11 is 6.80. The number of alkyl halides is 1. The van der Waals surface area contributed by atoms with Gasteiger partial charge < -0.3 is 9.84 Å². The van der Waals surface area contributed by atoms with Crippen molar-refractivity contribution in [3.63, 3.8) is 0 Å². The van der Waals surface area contributed by atoms with Crippen molar-refractivity contribution >= 4 is 51.5 Å². The number of rotatable bonds is 7. The van der Waals surface area contributed by atoms with Gasteiger partial charge in [-0.3, -0.25) is 4.79 Å². The third kappa shape index (κ3) is 5.65. The number of aliphatic hydroxyl groups is 1. The van der Waals surface area contributed by atoms with Crippen LogP contribution < -0.4 is 0 Å². The van der Waals surface area contributed by atoms with Crippen LogP contribution in [0.4, 0.5) is 4.79 Å². The van der Waals surface area contributed by atoms with Gasteiger partial charge in [0, 0.05) is 9.57 Å². The monoisotopic (exact) mass is 451 g/mol. The van der Waals surface area contributed by atoms with Gasteiger partial charge in [0.1, 0.15) is 6.61 Å². The largest absolute Gasteiger partial charge is 0.447 e. The van der Waals surface area contributed by atoms with Crippen LogP contribution in [-0.4, -0.2) is 57.6 Å². The fourth-order valence-electron chi connectivity index (χ4n) is 2.84. The fourth-order valence-corrected chi connectivity index (χ4v) is 5.65. The Balaban J connectivity index is 2.23. The van der Waals surface area contributed by atoms with Gasteiger partial charge >= 0.3 is 6.09 Å². The number of hydrogen-bond donors (Lipinski definition) is 1. The van der Waals surface area contributed by atoms with Gasteiger partial charge in [-0.05, 0) is 42.8 Å². The van der Waals surface area contributed by atoms with Crippen molar-refractivity contribution in [3.8, 4) is 0 Å². The van der Waals surface area contributed by atoms with E-state index in [2.05, 4.69) is 15.9 Å². The van der Waals surface area contributed by atoms with E-state index in [4.69, 9.17) is 4.74 Å². The highest BCUT2D eigenvalue weighted by Gasteiger charge is 2.43. The van der Waals surface area contributed by atoms with Crippen LogP contribution in [0.1, 0.15) is 33.1 Å². The van der Waals surface area contributed by atoms with Crippen molar-refractivity contribution in [2.45, 2.75) is 45.3 Å². The van der Waals surface area contributed by atoms with Crippen LogP contribution in [0.5, 0.6) is 0 Å². The van der Waals surface area contributed by atoms with E-state index in [1.54, 1.807) is 23.5 Å². The Morgan fingerprint density at radius 2 is 2.12 bits per heavy atom. The fraction of sp³-hybridized carbons (Fsp3) is 0.765. The average molecular weight is 452 g/mol. The summed E-state index contributed by atoms with van der Waals surface area (Å²) in [7, 11) is 0. The summed E-state index contributed by atoms with van der Waals surface area (Å²) in [4.78, 5) is 26.5. The number of ether oxygens (including phenoxy) is 1. The zero-order valence-corrected chi connectivity index (χ0v) is 17.9. The smallest absolute Gasteiger partial charge is 0.417 e. The van der Waals surface area contributed by atoms with Crippen LogP contribution in [0.3, 0.4) is 0 Å². The van der Waals surface area contributed by atoms with E-state index in [0.29, 0.717) is 6.42 Å². The Hall–Kier alpha value is -0.180. The zero-order chi connectivity index (χ0) is 18.4. The van der Waals surface area contributed by atoms with Crippen LogP contribution >= 0.6 is 39.5 Å². The van der Waals surface area contributed by atoms with Crippen LogP contribution in [0.25, 0.3) is 0 Å². The lowest BCUT2D eigenvalue weighted by Gasteiger charge is -2.28. The highest BCUT2D eigenvalue weighted by atomic mass is 79.9. The number of halogens is 1. The molecular weight excluding hydrogens is 426 g/mol. The molecule has 0 saturated carbocycles. The summed E-state index contributed by atoms with van der Waals surface area (Å²) in [5, 5.41) is 11.4. The summed E-state index contributed by atoms with van der Waals surface area (Å²) in [6.07, 6.45) is 2.89. The molecule has 0 radical (unpaired) electrons. The van der Waals surface area contributed by atoms with Gasteiger partial charge in [0.05, 0.1) is 18.1 Å². The lowest BCUT2D eigenvalue weighted by atomic mass is 9.95. The molecule has 3 atom stereocenters. The van der Waals surface area contributed by atoms with Gasteiger partial charge in [0.2, 0.25) is 5.91 Å². The average Bonchev–Trinajstić information content (AvgIpc) is 2.99. The number of aliphatic hydroxyl groups excluding tert-OH is 1. The molecular formula is C17H26BrNO4S2. The zero-order valence-electron chi connectivity index (χ0n) is 14.7. The first kappa shape index (κ1) is 21.1.